The molecule has 6 nitrogen and oxygen atoms in total. The van der Waals surface area contributed by atoms with E-state index in [1.165, 1.54) is 11.8 Å². The Labute approximate surface area is 206 Å². The molecule has 0 bridgehead atoms. The van der Waals surface area contributed by atoms with E-state index in [1.54, 1.807) is 0 Å². The van der Waals surface area contributed by atoms with Crippen molar-refractivity contribution in [1.29, 1.82) is 0 Å². The Morgan fingerprint density at radius 3 is 2.38 bits per heavy atom. The van der Waals surface area contributed by atoms with Gasteiger partial charge in [-0.25, -0.2) is 4.99 Å². The lowest BCUT2D eigenvalue weighted by atomic mass is 10.1. The monoisotopic (exact) mass is 572 g/mol. The number of hydrogen-bond donors (Lipinski definition) is 1. The standard InChI is InChI=1S/C22H35F3N4O2.HI/c1-4-26-21(29-11-9-28(10-12-29)18(3)22(23,24)25)27-16-19-7-6-8-20(15-19)17-31-14-13-30-5-2;/h6-8,15,18H,4-5,9-14,16-17H2,1-3H3,(H,26,27);1H. The van der Waals surface area contributed by atoms with Crippen LogP contribution in [0.15, 0.2) is 29.3 Å². The Kier molecular flexibility index (Phi) is 13.5. The highest BCUT2D eigenvalue weighted by Crippen LogP contribution is 2.25. The van der Waals surface area contributed by atoms with Crippen LogP contribution in [0.3, 0.4) is 0 Å². The lowest BCUT2D eigenvalue weighted by molar-refractivity contribution is -0.181. The summed E-state index contributed by atoms with van der Waals surface area (Å²) in [6.07, 6.45) is -4.20. The lowest BCUT2D eigenvalue weighted by Gasteiger charge is -2.39. The molecule has 0 radical (unpaired) electrons. The molecule has 0 saturated carbocycles. The van der Waals surface area contributed by atoms with E-state index in [1.807, 2.05) is 36.9 Å². The molecule has 10 heteroatoms. The van der Waals surface area contributed by atoms with Gasteiger partial charge in [-0.3, -0.25) is 4.90 Å². The van der Waals surface area contributed by atoms with Crippen molar-refractivity contribution < 1.29 is 22.6 Å². The van der Waals surface area contributed by atoms with Crippen LogP contribution in [0.4, 0.5) is 13.2 Å². The fourth-order valence-electron chi connectivity index (χ4n) is 3.39. The summed E-state index contributed by atoms with van der Waals surface area (Å²) < 4.78 is 49.8. The summed E-state index contributed by atoms with van der Waals surface area (Å²) in [6, 6.07) is 6.65. The van der Waals surface area contributed by atoms with E-state index in [-0.39, 0.29) is 24.0 Å². The normalized spacial score (nSPS) is 16.6. The lowest BCUT2D eigenvalue weighted by Crippen LogP contribution is -2.56. The maximum Gasteiger partial charge on any atom is 0.403 e. The van der Waals surface area contributed by atoms with E-state index in [0.717, 1.165) is 17.1 Å². The van der Waals surface area contributed by atoms with Crippen LogP contribution in [-0.2, 0) is 22.6 Å². The third-order valence-electron chi connectivity index (χ3n) is 5.22. The number of hydrogen-bond acceptors (Lipinski definition) is 4. The molecule has 0 aliphatic carbocycles. The van der Waals surface area contributed by atoms with Gasteiger partial charge in [-0.1, -0.05) is 24.3 Å². The summed E-state index contributed by atoms with van der Waals surface area (Å²) in [6.45, 7) is 10.4. The van der Waals surface area contributed by atoms with Crippen LogP contribution in [0.25, 0.3) is 0 Å². The SMILES string of the molecule is CCNC(=NCc1cccc(COCCOCC)c1)N1CCN(C(C)C(F)(F)F)CC1.I. The van der Waals surface area contributed by atoms with E-state index in [0.29, 0.717) is 65.7 Å². The van der Waals surface area contributed by atoms with Crippen LogP contribution in [0.5, 0.6) is 0 Å². The Hall–Kier alpha value is -1.11. The molecule has 0 spiro atoms. The van der Waals surface area contributed by atoms with E-state index in [2.05, 4.69) is 11.4 Å². The summed E-state index contributed by atoms with van der Waals surface area (Å²) in [4.78, 5) is 8.23. The van der Waals surface area contributed by atoms with Gasteiger partial charge in [0.1, 0.15) is 6.04 Å². The van der Waals surface area contributed by atoms with Crippen LogP contribution in [0, 0.1) is 0 Å². The molecule has 184 valence electrons. The summed E-state index contributed by atoms with van der Waals surface area (Å²) in [5.41, 5.74) is 2.13. The predicted octanol–water partition coefficient (Wildman–Crippen LogP) is 3.89. The summed E-state index contributed by atoms with van der Waals surface area (Å²) >= 11 is 0. The summed E-state index contributed by atoms with van der Waals surface area (Å²) in [7, 11) is 0. The molecule has 1 heterocycles. The zero-order chi connectivity index (χ0) is 22.7. The molecular formula is C22H36F3IN4O2. The van der Waals surface area contributed by atoms with Gasteiger partial charge in [-0.15, -0.1) is 24.0 Å². The minimum absolute atomic E-state index is 0. The van der Waals surface area contributed by atoms with E-state index < -0.39 is 12.2 Å². The molecule has 1 aromatic rings. The van der Waals surface area contributed by atoms with Gasteiger partial charge in [0.05, 0.1) is 26.4 Å². The Morgan fingerprint density at radius 2 is 1.75 bits per heavy atom. The van der Waals surface area contributed by atoms with Crippen LogP contribution in [0.2, 0.25) is 0 Å². The molecule has 1 fully saturated rings. The van der Waals surface area contributed by atoms with Gasteiger partial charge in [0, 0.05) is 39.3 Å². The van der Waals surface area contributed by atoms with Crippen molar-refractivity contribution in [2.75, 3.05) is 52.5 Å². The number of nitrogens with one attached hydrogen (secondary N) is 1. The maximum absolute atomic E-state index is 13.0. The molecule has 0 amide bonds. The second-order valence-corrected chi connectivity index (χ2v) is 7.48. The topological polar surface area (TPSA) is 49.3 Å². The first-order valence-corrected chi connectivity index (χ1v) is 10.9. The molecule has 1 saturated heterocycles. The number of alkyl halides is 3. The molecule has 1 unspecified atom stereocenters. The zero-order valence-electron chi connectivity index (χ0n) is 19.2. The third kappa shape index (κ3) is 9.80. The number of aliphatic imine (C=N–C) groups is 1. The molecule has 1 aliphatic heterocycles. The molecule has 1 aromatic carbocycles. The molecular weight excluding hydrogens is 536 g/mol. The number of ether oxygens (including phenoxy) is 2. The number of benzene rings is 1. The van der Waals surface area contributed by atoms with E-state index in [9.17, 15) is 13.2 Å². The van der Waals surface area contributed by atoms with Crippen molar-refractivity contribution in [3.63, 3.8) is 0 Å². The highest BCUT2D eigenvalue weighted by molar-refractivity contribution is 14.0. The van der Waals surface area contributed by atoms with Crippen LogP contribution in [-0.4, -0.2) is 80.5 Å². The first kappa shape index (κ1) is 28.9. The van der Waals surface area contributed by atoms with Gasteiger partial charge in [0.25, 0.3) is 0 Å². The fourth-order valence-corrected chi connectivity index (χ4v) is 3.39. The van der Waals surface area contributed by atoms with Crippen molar-refractivity contribution in [3.8, 4) is 0 Å². The van der Waals surface area contributed by atoms with Gasteiger partial charge in [-0.2, -0.15) is 13.2 Å². The number of halogens is 4. The Balaban J connectivity index is 0.00000512. The first-order valence-electron chi connectivity index (χ1n) is 10.9. The molecule has 32 heavy (non-hydrogen) atoms. The molecule has 2 rings (SSSR count). The molecule has 1 aliphatic rings. The number of nitrogens with zero attached hydrogens (tertiary/aromatic N) is 3. The molecule has 1 N–H and O–H groups in total. The number of guanidine groups is 1. The van der Waals surface area contributed by atoms with Crippen LogP contribution in [0.1, 0.15) is 31.9 Å². The smallest absolute Gasteiger partial charge is 0.379 e. The van der Waals surface area contributed by atoms with Gasteiger partial charge < -0.3 is 19.7 Å². The fraction of sp³-hybridized carbons (Fsp3) is 0.682. The van der Waals surface area contributed by atoms with Gasteiger partial charge in [0.2, 0.25) is 0 Å². The maximum atomic E-state index is 13.0. The minimum atomic E-state index is -4.20. The highest BCUT2D eigenvalue weighted by atomic mass is 127. The second-order valence-electron chi connectivity index (χ2n) is 7.48. The Morgan fingerprint density at radius 1 is 1.09 bits per heavy atom. The van der Waals surface area contributed by atoms with E-state index >= 15 is 0 Å². The number of rotatable bonds is 10. The van der Waals surface area contributed by atoms with Gasteiger partial charge in [0.15, 0.2) is 5.96 Å². The predicted molar refractivity (Wildman–Crippen MR) is 131 cm³/mol. The van der Waals surface area contributed by atoms with Crippen molar-refractivity contribution in [1.82, 2.24) is 15.1 Å². The molecule has 0 aromatic heterocycles. The van der Waals surface area contributed by atoms with Crippen molar-refractivity contribution in [3.05, 3.63) is 35.4 Å². The average molecular weight is 572 g/mol. The second kappa shape index (κ2) is 14.9. The average Bonchev–Trinajstić information content (AvgIpc) is 2.76. The summed E-state index contributed by atoms with van der Waals surface area (Å²) in [5, 5.41) is 3.26. The molecule has 1 atom stereocenters. The van der Waals surface area contributed by atoms with Crippen LogP contribution >= 0.6 is 24.0 Å². The minimum Gasteiger partial charge on any atom is -0.379 e. The largest absolute Gasteiger partial charge is 0.403 e. The summed E-state index contributed by atoms with van der Waals surface area (Å²) in [5.74, 6) is 0.736. The van der Waals surface area contributed by atoms with Crippen LogP contribution < -0.4 is 5.32 Å². The quantitative estimate of drug-likeness (QED) is 0.200. The van der Waals surface area contributed by atoms with Crippen molar-refractivity contribution >= 4 is 29.9 Å². The highest BCUT2D eigenvalue weighted by Gasteiger charge is 2.41. The Bertz CT molecular complexity index is 683. The first-order chi connectivity index (χ1) is 14.8. The van der Waals surface area contributed by atoms with E-state index in [4.69, 9.17) is 14.5 Å². The van der Waals surface area contributed by atoms with Crippen molar-refractivity contribution in [2.24, 2.45) is 4.99 Å². The van der Waals surface area contributed by atoms with Gasteiger partial charge >= 0.3 is 6.18 Å². The van der Waals surface area contributed by atoms with Crippen molar-refractivity contribution in [2.45, 2.75) is 46.1 Å². The third-order valence-corrected chi connectivity index (χ3v) is 5.22. The number of piperazine rings is 1. The zero-order valence-corrected chi connectivity index (χ0v) is 21.5. The van der Waals surface area contributed by atoms with Gasteiger partial charge in [-0.05, 0) is 31.9 Å².